The zero-order valence-electron chi connectivity index (χ0n) is 12.5. The average Bonchev–Trinajstić information content (AvgIpc) is 2.22. The lowest BCUT2D eigenvalue weighted by Crippen LogP contribution is -2.57. The third-order valence-electron chi connectivity index (χ3n) is 5.67. The lowest BCUT2D eigenvalue weighted by Gasteiger charge is -2.50. The molecule has 0 saturated heterocycles. The van der Waals surface area contributed by atoms with E-state index in [1.54, 1.807) is 0 Å². The van der Waals surface area contributed by atoms with Gasteiger partial charge in [0.2, 0.25) is 0 Å². The highest BCUT2D eigenvalue weighted by Crippen LogP contribution is 2.43. The van der Waals surface area contributed by atoms with Crippen molar-refractivity contribution >= 4 is 0 Å². The Morgan fingerprint density at radius 3 is 1.94 bits per heavy atom. The minimum atomic E-state index is 0.463. The summed E-state index contributed by atoms with van der Waals surface area (Å²) in [6.45, 7) is 3.33. The van der Waals surface area contributed by atoms with Crippen molar-refractivity contribution in [3.63, 3.8) is 0 Å². The monoisotopic (exact) mass is 253 g/mol. The second-order valence-electron chi connectivity index (χ2n) is 7.02. The van der Waals surface area contributed by atoms with Gasteiger partial charge in [-0.3, -0.25) is 0 Å². The quantitative estimate of drug-likeness (QED) is 0.752. The maximum Gasteiger partial charge on any atom is 0.0330 e. The molecular formula is C15H31N3. The van der Waals surface area contributed by atoms with Crippen molar-refractivity contribution in [3.05, 3.63) is 0 Å². The van der Waals surface area contributed by atoms with Crippen LogP contribution in [-0.4, -0.2) is 56.1 Å². The molecule has 3 heteroatoms. The van der Waals surface area contributed by atoms with Crippen molar-refractivity contribution in [3.8, 4) is 0 Å². The Morgan fingerprint density at radius 1 is 1.00 bits per heavy atom. The summed E-state index contributed by atoms with van der Waals surface area (Å²) in [5, 5.41) is 0. The van der Waals surface area contributed by atoms with E-state index in [0.29, 0.717) is 11.0 Å². The predicted molar refractivity (Wildman–Crippen MR) is 77.7 cm³/mol. The lowest BCUT2D eigenvalue weighted by molar-refractivity contribution is 0.0202. The van der Waals surface area contributed by atoms with E-state index in [4.69, 9.17) is 5.73 Å². The van der Waals surface area contributed by atoms with Crippen molar-refractivity contribution in [1.82, 2.24) is 9.80 Å². The van der Waals surface area contributed by atoms with Crippen LogP contribution < -0.4 is 5.73 Å². The van der Waals surface area contributed by atoms with Crippen LogP contribution >= 0.6 is 0 Å². The number of rotatable bonds is 7. The van der Waals surface area contributed by atoms with E-state index >= 15 is 0 Å². The van der Waals surface area contributed by atoms with Gasteiger partial charge in [0, 0.05) is 12.1 Å². The topological polar surface area (TPSA) is 32.5 Å². The molecule has 0 unspecified atom stereocenters. The first-order valence-electron chi connectivity index (χ1n) is 7.58. The van der Waals surface area contributed by atoms with E-state index in [9.17, 15) is 0 Å². The molecule has 2 fully saturated rings. The number of nitrogens with two attached hydrogens (primary N) is 1. The lowest BCUT2D eigenvalue weighted by atomic mass is 9.66. The highest BCUT2D eigenvalue weighted by atomic mass is 15.2. The molecule has 2 rings (SSSR count). The molecule has 3 nitrogen and oxygen atoms in total. The van der Waals surface area contributed by atoms with Crippen molar-refractivity contribution in [2.75, 3.05) is 40.8 Å². The minimum Gasteiger partial charge on any atom is -0.330 e. The van der Waals surface area contributed by atoms with Crippen molar-refractivity contribution < 1.29 is 0 Å². The summed E-state index contributed by atoms with van der Waals surface area (Å²) in [6.07, 6.45) is 9.54. The Hall–Kier alpha value is -0.120. The van der Waals surface area contributed by atoms with Crippen LogP contribution in [-0.2, 0) is 0 Å². The van der Waals surface area contributed by atoms with E-state index in [1.165, 1.54) is 58.0 Å². The van der Waals surface area contributed by atoms with E-state index in [0.717, 1.165) is 6.54 Å². The fourth-order valence-electron chi connectivity index (χ4n) is 3.57. The molecular weight excluding hydrogens is 222 g/mol. The molecule has 0 bridgehead atoms. The van der Waals surface area contributed by atoms with Gasteiger partial charge in [0.15, 0.2) is 0 Å². The molecule has 0 aromatic heterocycles. The molecule has 0 aliphatic heterocycles. The molecule has 0 atom stereocenters. The standard InChI is InChI=1S/C15H31N3/c1-17(2)15(8-5-9-15)13-18(3)11-10-14(12-16)6-4-7-14/h4-13,16H2,1-3H3. The van der Waals surface area contributed by atoms with Crippen LogP contribution in [0.5, 0.6) is 0 Å². The van der Waals surface area contributed by atoms with Crippen molar-refractivity contribution in [1.29, 1.82) is 0 Å². The Morgan fingerprint density at radius 2 is 1.61 bits per heavy atom. The fourth-order valence-corrected chi connectivity index (χ4v) is 3.57. The third kappa shape index (κ3) is 2.73. The molecule has 0 aromatic carbocycles. The van der Waals surface area contributed by atoms with Gasteiger partial charge in [-0.2, -0.15) is 0 Å². The number of hydrogen-bond acceptors (Lipinski definition) is 3. The van der Waals surface area contributed by atoms with Gasteiger partial charge in [-0.1, -0.05) is 6.42 Å². The van der Waals surface area contributed by atoms with Crippen LogP contribution in [0.15, 0.2) is 0 Å². The minimum absolute atomic E-state index is 0.463. The molecule has 2 aliphatic carbocycles. The summed E-state index contributed by atoms with van der Waals surface area (Å²) in [6, 6.07) is 0. The summed E-state index contributed by atoms with van der Waals surface area (Å²) in [7, 11) is 6.76. The highest BCUT2D eigenvalue weighted by molar-refractivity contribution is 4.98. The number of likely N-dealkylation sites (N-methyl/N-ethyl adjacent to an activating group) is 2. The highest BCUT2D eigenvalue weighted by Gasteiger charge is 2.40. The maximum absolute atomic E-state index is 5.94. The zero-order valence-corrected chi connectivity index (χ0v) is 12.5. The van der Waals surface area contributed by atoms with Gasteiger partial charge in [-0.05, 0) is 78.2 Å². The Labute approximate surface area is 113 Å². The molecule has 18 heavy (non-hydrogen) atoms. The van der Waals surface area contributed by atoms with E-state index in [1.807, 2.05) is 0 Å². The SMILES string of the molecule is CN(CCC1(CN)CCC1)CC1(N(C)C)CCC1. The van der Waals surface area contributed by atoms with E-state index in [-0.39, 0.29) is 0 Å². The van der Waals surface area contributed by atoms with Crippen LogP contribution in [0.25, 0.3) is 0 Å². The molecule has 2 aliphatic rings. The number of nitrogens with zero attached hydrogens (tertiary/aromatic N) is 2. The summed E-state index contributed by atoms with van der Waals surface area (Å²) >= 11 is 0. The molecule has 0 aromatic rings. The molecule has 0 amide bonds. The summed E-state index contributed by atoms with van der Waals surface area (Å²) in [5.41, 5.74) is 6.90. The largest absolute Gasteiger partial charge is 0.330 e. The van der Waals surface area contributed by atoms with Crippen molar-refractivity contribution in [2.45, 2.75) is 50.5 Å². The van der Waals surface area contributed by atoms with Gasteiger partial charge in [0.05, 0.1) is 0 Å². The molecule has 0 spiro atoms. The Kier molecular flexibility index (Phi) is 4.35. The van der Waals surface area contributed by atoms with Gasteiger partial charge in [0.1, 0.15) is 0 Å². The van der Waals surface area contributed by atoms with E-state index < -0.39 is 0 Å². The first-order valence-corrected chi connectivity index (χ1v) is 7.58. The van der Waals surface area contributed by atoms with Gasteiger partial charge < -0.3 is 15.5 Å². The molecule has 0 radical (unpaired) electrons. The summed E-state index contributed by atoms with van der Waals surface area (Å²) in [5.74, 6) is 0. The summed E-state index contributed by atoms with van der Waals surface area (Å²) in [4.78, 5) is 4.98. The van der Waals surface area contributed by atoms with Gasteiger partial charge >= 0.3 is 0 Å². The maximum atomic E-state index is 5.94. The van der Waals surface area contributed by atoms with Crippen molar-refractivity contribution in [2.24, 2.45) is 11.1 Å². The average molecular weight is 253 g/mol. The molecule has 2 saturated carbocycles. The van der Waals surface area contributed by atoms with Crippen LogP contribution in [0, 0.1) is 5.41 Å². The van der Waals surface area contributed by atoms with Gasteiger partial charge in [-0.25, -0.2) is 0 Å². The first kappa shape index (κ1) is 14.3. The zero-order chi connectivity index (χ0) is 13.2. The summed E-state index contributed by atoms with van der Waals surface area (Å²) < 4.78 is 0. The molecule has 2 N–H and O–H groups in total. The Bertz CT molecular complexity index is 261. The second-order valence-corrected chi connectivity index (χ2v) is 7.02. The molecule has 106 valence electrons. The third-order valence-corrected chi connectivity index (χ3v) is 5.67. The predicted octanol–water partition coefficient (Wildman–Crippen LogP) is 1.92. The number of hydrogen-bond donors (Lipinski definition) is 1. The van der Waals surface area contributed by atoms with Gasteiger partial charge in [-0.15, -0.1) is 0 Å². The second kappa shape index (κ2) is 5.48. The van der Waals surface area contributed by atoms with Crippen LogP contribution in [0.4, 0.5) is 0 Å². The molecule has 0 heterocycles. The fraction of sp³-hybridized carbons (Fsp3) is 1.00. The van der Waals surface area contributed by atoms with Crippen LogP contribution in [0.2, 0.25) is 0 Å². The van der Waals surface area contributed by atoms with Crippen LogP contribution in [0.1, 0.15) is 44.9 Å². The Balaban J connectivity index is 1.76. The van der Waals surface area contributed by atoms with Crippen LogP contribution in [0.3, 0.4) is 0 Å². The van der Waals surface area contributed by atoms with E-state index in [2.05, 4.69) is 30.9 Å². The smallest absolute Gasteiger partial charge is 0.0330 e. The first-order chi connectivity index (χ1) is 8.52. The van der Waals surface area contributed by atoms with Gasteiger partial charge in [0.25, 0.3) is 0 Å². The normalized spacial score (nSPS) is 25.0.